The molecule has 6 aromatic rings. The summed E-state index contributed by atoms with van der Waals surface area (Å²) in [5, 5.41) is 3.91. The van der Waals surface area contributed by atoms with Gasteiger partial charge in [-0.25, -0.2) is 9.97 Å². The lowest BCUT2D eigenvalue weighted by Gasteiger charge is -2.11. The second-order valence-electron chi connectivity index (χ2n) is 13.6. The van der Waals surface area contributed by atoms with Gasteiger partial charge >= 0.3 is 0 Å². The highest BCUT2D eigenvalue weighted by molar-refractivity contribution is 6.31. The number of benzene rings is 4. The van der Waals surface area contributed by atoms with Gasteiger partial charge in [0.15, 0.2) is 0 Å². The molecule has 4 aromatic carbocycles. The Hall–Kier alpha value is -3.22. The minimum absolute atomic E-state index is 0. The van der Waals surface area contributed by atoms with Gasteiger partial charge in [-0.3, -0.25) is 0 Å². The number of aromatic nitrogens is 2. The first-order chi connectivity index (χ1) is 24.3. The van der Waals surface area contributed by atoms with Gasteiger partial charge in [-0.15, -0.1) is 24.8 Å². The van der Waals surface area contributed by atoms with Crippen molar-refractivity contribution in [1.82, 2.24) is 19.8 Å². The number of pyridine rings is 2. The number of halogens is 4. The van der Waals surface area contributed by atoms with Crippen molar-refractivity contribution in [2.24, 2.45) is 0 Å². The summed E-state index contributed by atoms with van der Waals surface area (Å²) in [6, 6.07) is 37.3. The first kappa shape index (κ1) is 43.2. The van der Waals surface area contributed by atoms with Gasteiger partial charge in [0.2, 0.25) is 0 Å². The largest absolute Gasteiger partial charge is 0.309 e. The average Bonchev–Trinajstić information content (AvgIpc) is 3.11. The molecular weight excluding hydrogens is 726 g/mol. The van der Waals surface area contributed by atoms with Gasteiger partial charge in [0.25, 0.3) is 0 Å². The molecule has 6 rings (SSSR count). The van der Waals surface area contributed by atoms with Crippen molar-refractivity contribution in [2.75, 3.05) is 41.3 Å². The van der Waals surface area contributed by atoms with E-state index in [1.165, 1.54) is 60.4 Å². The Bertz CT molecular complexity index is 1810. The molecule has 0 saturated carbocycles. The average molecular weight is 779 g/mol. The van der Waals surface area contributed by atoms with Crippen LogP contribution >= 0.6 is 48.0 Å². The standard InChI is InChI=1S/2C22H25ClN2.2ClH/c2*1-25(2)14-8-4-7-11-18-15-21(17-9-5-3-6-10-17)24-22-16-19(23)12-13-20(18)22;;/h2*3,5-6,9-10,12-13,15-16H,4,7-8,11,14H2,1-2H3;2*1H. The zero-order chi connectivity index (χ0) is 35.3. The van der Waals surface area contributed by atoms with Gasteiger partial charge in [0.1, 0.15) is 0 Å². The number of aryl methyl sites for hydroxylation is 2. The molecule has 52 heavy (non-hydrogen) atoms. The number of fused-ring (bicyclic) bond motifs is 2. The summed E-state index contributed by atoms with van der Waals surface area (Å²) in [5.74, 6) is 0. The Balaban J connectivity index is 0.000000270. The van der Waals surface area contributed by atoms with Crippen LogP contribution in [-0.4, -0.2) is 61.0 Å². The van der Waals surface area contributed by atoms with Crippen LogP contribution in [0.15, 0.2) is 109 Å². The summed E-state index contributed by atoms with van der Waals surface area (Å²) in [7, 11) is 8.52. The summed E-state index contributed by atoms with van der Waals surface area (Å²) in [5.41, 5.74) is 9.05. The highest BCUT2D eigenvalue weighted by Gasteiger charge is 2.10. The maximum atomic E-state index is 6.20. The zero-order valence-electron chi connectivity index (χ0n) is 30.8. The van der Waals surface area contributed by atoms with Gasteiger partial charge in [-0.05, 0) is 127 Å². The molecule has 0 saturated heterocycles. The lowest BCUT2D eigenvalue weighted by atomic mass is 9.99. The van der Waals surface area contributed by atoms with E-state index in [0.29, 0.717) is 0 Å². The van der Waals surface area contributed by atoms with E-state index in [-0.39, 0.29) is 24.8 Å². The van der Waals surface area contributed by atoms with E-state index in [0.717, 1.165) is 69.5 Å². The quantitative estimate of drug-likeness (QED) is 0.103. The molecule has 0 bridgehead atoms. The molecule has 0 N–H and O–H groups in total. The molecule has 0 spiro atoms. The number of hydrogen-bond acceptors (Lipinski definition) is 4. The zero-order valence-corrected chi connectivity index (χ0v) is 34.0. The molecule has 2 aromatic heterocycles. The Labute approximate surface area is 333 Å². The van der Waals surface area contributed by atoms with Crippen LogP contribution in [0.2, 0.25) is 10.0 Å². The van der Waals surface area contributed by atoms with Crippen LogP contribution in [-0.2, 0) is 12.8 Å². The number of nitrogens with zero attached hydrogens (tertiary/aromatic N) is 4. The first-order valence-electron chi connectivity index (χ1n) is 17.9. The third kappa shape index (κ3) is 13.0. The van der Waals surface area contributed by atoms with E-state index < -0.39 is 0 Å². The molecule has 0 atom stereocenters. The SMILES string of the molecule is CN(C)CCCCCc1cc(-c2ccccc2)nc2cc(Cl)ccc12.CN(C)CCCCCc1cc(-c2ccccc2)nc2cc(Cl)ccc12.Cl.Cl. The van der Waals surface area contributed by atoms with Crippen LogP contribution in [0.4, 0.5) is 0 Å². The smallest absolute Gasteiger partial charge is 0.0727 e. The molecule has 2 heterocycles. The summed E-state index contributed by atoms with van der Waals surface area (Å²) in [6.07, 6.45) is 9.53. The van der Waals surface area contributed by atoms with Crippen LogP contribution in [0.3, 0.4) is 0 Å². The van der Waals surface area contributed by atoms with Gasteiger partial charge in [0, 0.05) is 31.9 Å². The third-order valence-electron chi connectivity index (χ3n) is 8.96. The Morgan fingerprint density at radius 1 is 0.462 bits per heavy atom. The maximum absolute atomic E-state index is 6.20. The van der Waals surface area contributed by atoms with Crippen molar-refractivity contribution in [3.8, 4) is 22.5 Å². The molecule has 0 aliphatic heterocycles. The monoisotopic (exact) mass is 776 g/mol. The van der Waals surface area contributed by atoms with Crippen molar-refractivity contribution in [3.05, 3.63) is 130 Å². The number of unbranched alkanes of at least 4 members (excludes halogenated alkanes) is 4. The molecule has 8 heteroatoms. The van der Waals surface area contributed by atoms with Crippen LogP contribution < -0.4 is 0 Å². The summed E-state index contributed by atoms with van der Waals surface area (Å²) in [6.45, 7) is 2.31. The predicted octanol–water partition coefficient (Wildman–Crippen LogP) is 12.5. The lowest BCUT2D eigenvalue weighted by molar-refractivity contribution is 0.392. The molecule has 4 nitrogen and oxygen atoms in total. The fourth-order valence-electron chi connectivity index (χ4n) is 6.32. The molecule has 0 radical (unpaired) electrons. The second-order valence-corrected chi connectivity index (χ2v) is 14.5. The topological polar surface area (TPSA) is 32.3 Å². The van der Waals surface area contributed by atoms with E-state index in [4.69, 9.17) is 33.2 Å². The Morgan fingerprint density at radius 2 is 0.846 bits per heavy atom. The van der Waals surface area contributed by atoms with E-state index in [2.05, 4.69) is 111 Å². The highest BCUT2D eigenvalue weighted by atomic mass is 35.5. The number of rotatable bonds is 14. The van der Waals surface area contributed by atoms with Crippen molar-refractivity contribution in [1.29, 1.82) is 0 Å². The van der Waals surface area contributed by atoms with E-state index >= 15 is 0 Å². The van der Waals surface area contributed by atoms with Crippen molar-refractivity contribution in [3.63, 3.8) is 0 Å². The molecule has 276 valence electrons. The minimum atomic E-state index is 0. The Morgan fingerprint density at radius 3 is 1.21 bits per heavy atom. The Kier molecular flexibility index (Phi) is 18.4. The summed E-state index contributed by atoms with van der Waals surface area (Å²) >= 11 is 12.4. The fraction of sp³-hybridized carbons (Fsp3) is 0.318. The number of hydrogen-bond donors (Lipinski definition) is 0. The first-order valence-corrected chi connectivity index (χ1v) is 18.6. The second kappa shape index (κ2) is 22.1. The van der Waals surface area contributed by atoms with E-state index in [1.54, 1.807) is 0 Å². The third-order valence-corrected chi connectivity index (χ3v) is 9.43. The molecular formula is C44H52Cl4N4. The van der Waals surface area contributed by atoms with Gasteiger partial charge < -0.3 is 9.80 Å². The fourth-order valence-corrected chi connectivity index (χ4v) is 6.65. The van der Waals surface area contributed by atoms with E-state index in [9.17, 15) is 0 Å². The molecule has 0 aliphatic rings. The summed E-state index contributed by atoms with van der Waals surface area (Å²) < 4.78 is 0. The van der Waals surface area contributed by atoms with Crippen molar-refractivity contribution >= 4 is 69.8 Å². The molecule has 0 fully saturated rings. The molecule has 0 amide bonds. The summed E-state index contributed by atoms with van der Waals surface area (Å²) in [4.78, 5) is 14.2. The minimum Gasteiger partial charge on any atom is -0.309 e. The van der Waals surface area contributed by atoms with Crippen molar-refractivity contribution in [2.45, 2.75) is 51.4 Å². The maximum Gasteiger partial charge on any atom is 0.0727 e. The van der Waals surface area contributed by atoms with Crippen LogP contribution in [0.25, 0.3) is 44.3 Å². The van der Waals surface area contributed by atoms with Gasteiger partial charge in [0.05, 0.1) is 22.4 Å². The highest BCUT2D eigenvalue weighted by Crippen LogP contribution is 2.29. The van der Waals surface area contributed by atoms with Gasteiger partial charge in [-0.2, -0.15) is 0 Å². The normalized spacial score (nSPS) is 10.9. The van der Waals surface area contributed by atoms with Crippen LogP contribution in [0.5, 0.6) is 0 Å². The molecule has 0 unspecified atom stereocenters. The van der Waals surface area contributed by atoms with Crippen LogP contribution in [0, 0.1) is 0 Å². The lowest BCUT2D eigenvalue weighted by Crippen LogP contribution is -2.12. The molecule has 0 aliphatic carbocycles. The van der Waals surface area contributed by atoms with Crippen LogP contribution in [0.1, 0.15) is 49.7 Å². The van der Waals surface area contributed by atoms with Gasteiger partial charge in [-0.1, -0.05) is 109 Å². The predicted molar refractivity (Wildman–Crippen MR) is 231 cm³/mol. The van der Waals surface area contributed by atoms with Crippen molar-refractivity contribution < 1.29 is 0 Å². The van der Waals surface area contributed by atoms with E-state index in [1.807, 2.05) is 36.4 Å².